The van der Waals surface area contributed by atoms with Crippen molar-refractivity contribution in [3.05, 3.63) is 10.7 Å². The second-order valence-corrected chi connectivity index (χ2v) is 6.96. The summed E-state index contributed by atoms with van der Waals surface area (Å²) in [5.74, 6) is 5.10. The Kier molecular flexibility index (Phi) is 4.34. The number of hydrogen-bond donors (Lipinski definition) is 2. The largest absolute Gasteiger partial charge is 0.443 e. The lowest BCUT2D eigenvalue weighted by molar-refractivity contribution is -0.180. The van der Waals surface area contributed by atoms with Crippen LogP contribution in [-0.4, -0.2) is 34.6 Å². The number of fused-ring (bicyclic) bond motifs is 1. The van der Waals surface area contributed by atoms with E-state index in [1.165, 1.54) is 0 Å². The molecule has 7 nitrogen and oxygen atoms in total. The van der Waals surface area contributed by atoms with Crippen molar-refractivity contribution < 1.29 is 22.7 Å². The van der Waals surface area contributed by atoms with Crippen molar-refractivity contribution in [1.82, 2.24) is 10.2 Å². The van der Waals surface area contributed by atoms with Crippen molar-refractivity contribution >= 4 is 29.2 Å². The van der Waals surface area contributed by atoms with Crippen molar-refractivity contribution in [3.8, 4) is 0 Å². The van der Waals surface area contributed by atoms with Gasteiger partial charge in [-0.3, -0.25) is 4.90 Å². The molecule has 0 bridgehead atoms. The first kappa shape index (κ1) is 18.5. The predicted octanol–water partition coefficient (Wildman–Crippen LogP) is 2.99. The zero-order valence-corrected chi connectivity index (χ0v) is 14.2. The van der Waals surface area contributed by atoms with Crippen LogP contribution in [0, 0.1) is 0 Å². The van der Waals surface area contributed by atoms with Gasteiger partial charge in [0.25, 0.3) is 0 Å². The first-order valence-electron chi connectivity index (χ1n) is 6.92. The topological polar surface area (TPSA) is 93.4 Å². The molecule has 1 atom stereocenters. The van der Waals surface area contributed by atoms with E-state index in [9.17, 15) is 18.0 Å². The highest BCUT2D eigenvalue weighted by Crippen LogP contribution is 2.54. The van der Waals surface area contributed by atoms with E-state index in [0.717, 1.165) is 11.8 Å². The Labute approximate surface area is 141 Å². The van der Waals surface area contributed by atoms with Crippen molar-refractivity contribution in [1.29, 1.82) is 0 Å². The molecule has 0 saturated heterocycles. The second kappa shape index (κ2) is 5.62. The van der Waals surface area contributed by atoms with Gasteiger partial charge in [0.15, 0.2) is 11.0 Å². The van der Waals surface area contributed by atoms with E-state index in [1.807, 2.05) is 0 Å². The van der Waals surface area contributed by atoms with E-state index in [2.05, 4.69) is 15.6 Å². The van der Waals surface area contributed by atoms with Gasteiger partial charge < -0.3 is 10.2 Å². The average Bonchev–Trinajstić information content (AvgIpc) is 2.73. The van der Waals surface area contributed by atoms with Gasteiger partial charge in [-0.05, 0) is 27.7 Å². The molecular weight excluding hydrogens is 351 g/mol. The molecule has 2 rings (SSSR count). The van der Waals surface area contributed by atoms with Crippen molar-refractivity contribution in [2.75, 3.05) is 16.9 Å². The molecule has 0 aromatic carbocycles. The minimum absolute atomic E-state index is 0.188. The van der Waals surface area contributed by atoms with Gasteiger partial charge in [-0.1, -0.05) is 11.6 Å². The normalized spacial score (nSPS) is 20.8. The van der Waals surface area contributed by atoms with Crippen LogP contribution < -0.4 is 16.2 Å². The van der Waals surface area contributed by atoms with Crippen LogP contribution in [-0.2, 0) is 10.2 Å². The number of aromatic nitrogens is 2. The summed E-state index contributed by atoms with van der Waals surface area (Å²) in [6.07, 6.45) is -5.64. The van der Waals surface area contributed by atoms with Gasteiger partial charge in [-0.15, -0.1) is 10.2 Å². The minimum atomic E-state index is -4.68. The fraction of sp³-hybridized carbons (Fsp3) is 0.615. The number of nitrogens with two attached hydrogens (primary N) is 1. The molecule has 134 valence electrons. The Morgan fingerprint density at radius 1 is 1.38 bits per heavy atom. The van der Waals surface area contributed by atoms with Crippen LogP contribution in [0.5, 0.6) is 0 Å². The second-order valence-electron chi connectivity index (χ2n) is 6.60. The molecule has 0 fully saturated rings. The molecule has 0 spiro atoms. The molecule has 1 aliphatic rings. The van der Waals surface area contributed by atoms with Crippen LogP contribution >= 0.6 is 11.6 Å². The standard InChI is InChI=1S/C13H17ClF3N5O2/c1-11(2,3)24-10(23)22-5-12(4,13(15,16)17)6-7(22)9(19-18)21-20-8(6)14/h5,18H2,1-4H3,(H,19,21). The van der Waals surface area contributed by atoms with Crippen LogP contribution in [0.15, 0.2) is 0 Å². The van der Waals surface area contributed by atoms with Crippen LogP contribution in [0.3, 0.4) is 0 Å². The first-order chi connectivity index (χ1) is 10.8. The zero-order chi connectivity index (χ0) is 18.5. The van der Waals surface area contributed by atoms with Crippen LogP contribution in [0.4, 0.5) is 29.5 Å². The highest BCUT2D eigenvalue weighted by atomic mass is 35.5. The van der Waals surface area contributed by atoms with Crippen molar-refractivity contribution in [3.63, 3.8) is 0 Å². The summed E-state index contributed by atoms with van der Waals surface area (Å²) in [4.78, 5) is 13.2. The number of amides is 1. The fourth-order valence-corrected chi connectivity index (χ4v) is 2.77. The third kappa shape index (κ3) is 2.95. The smallest absolute Gasteiger partial charge is 0.414 e. The monoisotopic (exact) mass is 367 g/mol. The number of nitrogens with one attached hydrogen (secondary N) is 1. The van der Waals surface area contributed by atoms with E-state index < -0.39 is 35.0 Å². The van der Waals surface area contributed by atoms with Crippen LogP contribution in [0.1, 0.15) is 33.3 Å². The van der Waals surface area contributed by atoms with Gasteiger partial charge in [0, 0.05) is 12.1 Å². The van der Waals surface area contributed by atoms with Gasteiger partial charge in [-0.25, -0.2) is 10.6 Å². The third-order valence-electron chi connectivity index (χ3n) is 3.58. The average molecular weight is 368 g/mol. The number of nitrogen functional groups attached to an aromatic ring is 1. The summed E-state index contributed by atoms with van der Waals surface area (Å²) in [6.45, 7) is 5.02. The molecular formula is C13H17ClF3N5O2. The maximum Gasteiger partial charge on any atom is 0.414 e. The number of hydrazine groups is 1. The molecule has 3 N–H and O–H groups in total. The molecule has 1 aromatic rings. The van der Waals surface area contributed by atoms with Crippen molar-refractivity contribution in [2.24, 2.45) is 5.84 Å². The number of anilines is 2. The third-order valence-corrected chi connectivity index (χ3v) is 3.84. The molecule has 0 aliphatic carbocycles. The lowest BCUT2D eigenvalue weighted by Gasteiger charge is -2.29. The molecule has 1 aromatic heterocycles. The van der Waals surface area contributed by atoms with Gasteiger partial charge in [0.1, 0.15) is 11.0 Å². The van der Waals surface area contributed by atoms with Gasteiger partial charge in [-0.2, -0.15) is 13.2 Å². The summed E-state index contributed by atoms with van der Waals surface area (Å²) >= 11 is 5.87. The first-order valence-corrected chi connectivity index (χ1v) is 7.30. The lowest BCUT2D eigenvalue weighted by atomic mass is 9.85. The number of carbonyl (C=O) groups excluding carboxylic acids is 1. The van der Waals surface area contributed by atoms with Gasteiger partial charge >= 0.3 is 12.3 Å². The number of hydrogen-bond acceptors (Lipinski definition) is 6. The SMILES string of the molecule is CC(C)(C)OC(=O)N1CC(C)(C(F)(F)F)c2c(Cl)nnc(NN)c21. The highest BCUT2D eigenvalue weighted by molar-refractivity contribution is 6.31. The van der Waals surface area contributed by atoms with Crippen molar-refractivity contribution in [2.45, 2.75) is 44.9 Å². The molecule has 1 aliphatic heterocycles. The summed E-state index contributed by atoms with van der Waals surface area (Å²) < 4.78 is 46.2. The number of halogens is 4. The minimum Gasteiger partial charge on any atom is -0.443 e. The summed E-state index contributed by atoms with van der Waals surface area (Å²) in [5, 5.41) is 6.65. The van der Waals surface area contributed by atoms with Crippen LogP contribution in [0.2, 0.25) is 5.15 Å². The Balaban J connectivity index is 2.65. The van der Waals surface area contributed by atoms with Gasteiger partial charge in [0.05, 0.1) is 5.69 Å². The number of carbonyl (C=O) groups is 1. The fourth-order valence-electron chi connectivity index (χ4n) is 2.43. The number of alkyl halides is 3. The van der Waals surface area contributed by atoms with E-state index >= 15 is 0 Å². The Bertz CT molecular complexity index is 677. The number of rotatable bonds is 1. The Morgan fingerprint density at radius 3 is 2.42 bits per heavy atom. The molecule has 24 heavy (non-hydrogen) atoms. The quantitative estimate of drug-likeness (QED) is 0.585. The molecule has 0 saturated carbocycles. The molecule has 1 unspecified atom stereocenters. The Hall–Kier alpha value is -1.81. The van der Waals surface area contributed by atoms with E-state index in [4.69, 9.17) is 22.2 Å². The van der Waals surface area contributed by atoms with E-state index in [1.54, 1.807) is 20.8 Å². The highest BCUT2D eigenvalue weighted by Gasteiger charge is 2.61. The maximum atomic E-state index is 13.7. The van der Waals surface area contributed by atoms with Gasteiger partial charge in [0.2, 0.25) is 0 Å². The number of ether oxygens (including phenoxy) is 1. The molecule has 2 heterocycles. The lowest BCUT2D eigenvalue weighted by Crippen LogP contribution is -2.46. The summed E-state index contributed by atoms with van der Waals surface area (Å²) in [5.41, 5.74) is -1.74. The molecule has 0 radical (unpaired) electrons. The van der Waals surface area contributed by atoms with E-state index in [-0.39, 0.29) is 17.1 Å². The summed E-state index contributed by atoms with van der Waals surface area (Å²) in [6, 6.07) is 0. The predicted molar refractivity (Wildman–Crippen MR) is 81.8 cm³/mol. The van der Waals surface area contributed by atoms with Crippen LogP contribution in [0.25, 0.3) is 0 Å². The number of nitrogens with zero attached hydrogens (tertiary/aromatic N) is 3. The van der Waals surface area contributed by atoms with E-state index in [0.29, 0.717) is 0 Å². The maximum absolute atomic E-state index is 13.7. The molecule has 11 heteroatoms. The summed E-state index contributed by atoms with van der Waals surface area (Å²) in [7, 11) is 0. The Morgan fingerprint density at radius 2 is 1.96 bits per heavy atom. The molecule has 1 amide bonds. The zero-order valence-electron chi connectivity index (χ0n) is 13.5.